The van der Waals surface area contributed by atoms with E-state index in [-0.39, 0.29) is 39.3 Å². The largest absolute Gasteiger partial charge is 0.497 e. The van der Waals surface area contributed by atoms with Crippen molar-refractivity contribution in [3.63, 3.8) is 0 Å². The summed E-state index contributed by atoms with van der Waals surface area (Å²) in [6.07, 6.45) is 0.345. The summed E-state index contributed by atoms with van der Waals surface area (Å²) in [7, 11) is 1.59. The first-order valence-electron chi connectivity index (χ1n) is 17.0. The zero-order valence-electron chi connectivity index (χ0n) is 32.2. The Morgan fingerprint density at radius 2 is 0.959 bits per heavy atom. The Balaban J connectivity index is 2.75. The summed E-state index contributed by atoms with van der Waals surface area (Å²) in [4.78, 5) is 59.3. The maximum Gasteiger partial charge on any atom is 0.320 e. The number of rotatable bonds is 12. The number of hydrogen-bond donors (Lipinski definition) is 0. The van der Waals surface area contributed by atoms with E-state index < -0.39 is 51.8 Å². The fourth-order valence-corrected chi connectivity index (χ4v) is 5.70. The van der Waals surface area contributed by atoms with Gasteiger partial charge >= 0.3 is 23.9 Å². The predicted octanol–water partition coefficient (Wildman–Crippen LogP) is 4.26. The molecule has 0 atom stereocenters. The average Bonchev–Trinajstić information content (AvgIpc) is 3.03. The molecule has 0 amide bonds. The molecule has 0 spiro atoms. The van der Waals surface area contributed by atoms with E-state index in [9.17, 15) is 19.2 Å². The number of ether oxygens (including phenoxy) is 5. The third kappa shape index (κ3) is 16.4. The summed E-state index contributed by atoms with van der Waals surface area (Å²) in [6.45, 7) is 22.4. The zero-order chi connectivity index (χ0) is 37.4. The van der Waals surface area contributed by atoms with Crippen molar-refractivity contribution in [2.75, 3.05) is 59.5 Å². The van der Waals surface area contributed by atoms with Crippen LogP contribution in [0.3, 0.4) is 0 Å². The van der Waals surface area contributed by atoms with Gasteiger partial charge in [-0.05, 0) is 107 Å². The monoisotopic (exact) mass is 691 g/mol. The van der Waals surface area contributed by atoms with Gasteiger partial charge < -0.3 is 23.7 Å². The zero-order valence-corrected chi connectivity index (χ0v) is 32.2. The second kappa shape index (κ2) is 16.7. The van der Waals surface area contributed by atoms with E-state index in [1.165, 1.54) is 0 Å². The van der Waals surface area contributed by atoms with E-state index in [0.29, 0.717) is 25.3 Å². The van der Waals surface area contributed by atoms with Gasteiger partial charge in [-0.2, -0.15) is 0 Å². The Labute approximate surface area is 293 Å². The van der Waals surface area contributed by atoms with E-state index in [4.69, 9.17) is 23.7 Å². The van der Waals surface area contributed by atoms with Gasteiger partial charge in [0.05, 0.1) is 38.8 Å². The summed E-state index contributed by atoms with van der Waals surface area (Å²) in [5, 5.41) is 0. The minimum atomic E-state index is -1.01. The molecule has 49 heavy (non-hydrogen) atoms. The Morgan fingerprint density at radius 1 is 0.612 bits per heavy atom. The lowest BCUT2D eigenvalue weighted by Crippen LogP contribution is -2.63. The van der Waals surface area contributed by atoms with Crippen LogP contribution in [-0.4, -0.2) is 126 Å². The standard InChI is InChI=1S/C37H61N3O9/c1-33(2,3)46-29(41)21-38-18-19-39(22-30(42)47-34(4,5)6)26-37(25-38,20-27-14-16-28(45-13)17-15-27)40(23-31(43)48-35(7,8)9)24-32(44)49-36(10,11)12/h14-17H,18-26H2,1-13H3. The summed E-state index contributed by atoms with van der Waals surface area (Å²) in [6, 6.07) is 7.56. The molecule has 2 rings (SSSR count). The normalized spacial score (nSPS) is 16.4. The molecule has 0 aliphatic carbocycles. The molecule has 1 saturated heterocycles. The van der Waals surface area contributed by atoms with Gasteiger partial charge in [-0.25, -0.2) is 0 Å². The quantitative estimate of drug-likeness (QED) is 0.230. The molecule has 1 aliphatic heterocycles. The van der Waals surface area contributed by atoms with Crippen molar-refractivity contribution in [1.82, 2.24) is 14.7 Å². The van der Waals surface area contributed by atoms with Crippen LogP contribution < -0.4 is 4.74 Å². The lowest BCUT2D eigenvalue weighted by Gasteiger charge is -2.46. The molecule has 0 unspecified atom stereocenters. The van der Waals surface area contributed by atoms with Crippen molar-refractivity contribution >= 4 is 23.9 Å². The van der Waals surface area contributed by atoms with Crippen molar-refractivity contribution in [3.8, 4) is 5.75 Å². The average molecular weight is 692 g/mol. The fourth-order valence-electron chi connectivity index (χ4n) is 5.70. The Hall–Kier alpha value is -3.22. The van der Waals surface area contributed by atoms with Crippen LogP contribution in [0.4, 0.5) is 0 Å². The SMILES string of the molecule is COc1ccc(CC2(N(CC(=O)OC(C)(C)C)CC(=O)OC(C)(C)C)CN(CC(=O)OC(C)(C)C)CCN(CC(=O)OC(C)(C)C)C2)cc1. The smallest absolute Gasteiger partial charge is 0.320 e. The van der Waals surface area contributed by atoms with Crippen LogP contribution in [0.5, 0.6) is 5.75 Å². The van der Waals surface area contributed by atoms with Gasteiger partial charge in [0, 0.05) is 26.2 Å². The highest BCUT2D eigenvalue weighted by molar-refractivity contribution is 5.76. The topological polar surface area (TPSA) is 124 Å². The minimum absolute atomic E-state index is 0.0331. The number of esters is 4. The molecular formula is C37H61N3O9. The minimum Gasteiger partial charge on any atom is -0.497 e. The molecular weight excluding hydrogens is 630 g/mol. The summed E-state index contributed by atoms with van der Waals surface area (Å²) in [5.74, 6) is -1.18. The van der Waals surface area contributed by atoms with Gasteiger partial charge in [0.1, 0.15) is 28.2 Å². The van der Waals surface area contributed by atoms with Crippen LogP contribution in [0.25, 0.3) is 0 Å². The Morgan fingerprint density at radius 3 is 1.29 bits per heavy atom. The molecule has 12 nitrogen and oxygen atoms in total. The lowest BCUT2D eigenvalue weighted by molar-refractivity contribution is -0.166. The van der Waals surface area contributed by atoms with Gasteiger partial charge in [-0.1, -0.05) is 12.1 Å². The molecule has 278 valence electrons. The highest BCUT2D eigenvalue weighted by Gasteiger charge is 2.45. The first-order valence-corrected chi connectivity index (χ1v) is 17.0. The molecule has 0 saturated carbocycles. The molecule has 0 aromatic heterocycles. The van der Waals surface area contributed by atoms with Crippen molar-refractivity contribution < 1.29 is 42.9 Å². The van der Waals surface area contributed by atoms with E-state index in [1.807, 2.05) is 75.6 Å². The van der Waals surface area contributed by atoms with Gasteiger partial charge in [0.2, 0.25) is 0 Å². The Bertz CT molecular complexity index is 1200. The number of methoxy groups -OCH3 is 1. The highest BCUT2D eigenvalue weighted by Crippen LogP contribution is 2.29. The number of carbonyl (C=O) groups excluding carboxylic acids is 4. The lowest BCUT2D eigenvalue weighted by atomic mass is 9.87. The van der Waals surface area contributed by atoms with E-state index in [0.717, 1.165) is 5.56 Å². The third-order valence-electron chi connectivity index (χ3n) is 7.16. The number of nitrogens with zero attached hydrogens (tertiary/aromatic N) is 3. The molecule has 1 aromatic carbocycles. The van der Waals surface area contributed by atoms with Crippen LogP contribution in [0, 0.1) is 0 Å². The second-order valence-corrected chi connectivity index (χ2v) is 16.9. The maximum atomic E-state index is 13.6. The van der Waals surface area contributed by atoms with Crippen molar-refractivity contribution in [1.29, 1.82) is 0 Å². The molecule has 1 fully saturated rings. The highest BCUT2D eigenvalue weighted by atomic mass is 16.6. The molecule has 1 aliphatic rings. The van der Waals surface area contributed by atoms with E-state index in [1.54, 1.807) is 53.6 Å². The number of carbonyl (C=O) groups is 4. The summed E-state index contributed by atoms with van der Waals surface area (Å²) >= 11 is 0. The van der Waals surface area contributed by atoms with Crippen molar-refractivity contribution in [2.45, 2.75) is 117 Å². The van der Waals surface area contributed by atoms with Crippen LogP contribution in [-0.2, 0) is 44.5 Å². The molecule has 0 radical (unpaired) electrons. The van der Waals surface area contributed by atoms with Gasteiger partial charge in [-0.15, -0.1) is 0 Å². The van der Waals surface area contributed by atoms with Crippen molar-refractivity contribution in [3.05, 3.63) is 29.8 Å². The van der Waals surface area contributed by atoms with Crippen LogP contribution in [0.2, 0.25) is 0 Å². The molecule has 12 heteroatoms. The number of hydrogen-bond acceptors (Lipinski definition) is 12. The second-order valence-electron chi connectivity index (χ2n) is 16.9. The molecule has 0 N–H and O–H groups in total. The van der Waals surface area contributed by atoms with Gasteiger partial charge in [-0.3, -0.25) is 33.9 Å². The maximum absolute atomic E-state index is 13.6. The summed E-state index contributed by atoms with van der Waals surface area (Å²) in [5.41, 5.74) is -3.03. The van der Waals surface area contributed by atoms with Crippen LogP contribution >= 0.6 is 0 Å². The van der Waals surface area contributed by atoms with Gasteiger partial charge in [0.25, 0.3) is 0 Å². The molecule has 1 aromatic rings. The van der Waals surface area contributed by atoms with Crippen LogP contribution in [0.15, 0.2) is 24.3 Å². The number of benzene rings is 1. The van der Waals surface area contributed by atoms with Crippen molar-refractivity contribution in [2.24, 2.45) is 0 Å². The summed E-state index contributed by atoms with van der Waals surface area (Å²) < 4.78 is 28.3. The molecule has 0 bridgehead atoms. The first kappa shape index (κ1) is 41.9. The van der Waals surface area contributed by atoms with E-state index in [2.05, 4.69) is 0 Å². The third-order valence-corrected chi connectivity index (χ3v) is 7.16. The Kier molecular flexibility index (Phi) is 14.3. The van der Waals surface area contributed by atoms with Gasteiger partial charge in [0.15, 0.2) is 0 Å². The van der Waals surface area contributed by atoms with Crippen LogP contribution in [0.1, 0.15) is 88.6 Å². The predicted molar refractivity (Wildman–Crippen MR) is 187 cm³/mol. The fraction of sp³-hybridized carbons (Fsp3) is 0.730. The molecule has 1 heterocycles. The first-order chi connectivity index (χ1) is 22.3. The van der Waals surface area contributed by atoms with E-state index >= 15 is 0 Å².